The van der Waals surface area contributed by atoms with Crippen molar-refractivity contribution in [3.8, 4) is 0 Å². The number of hydrogen-bond acceptors (Lipinski definition) is 4. The molecule has 0 aromatic heterocycles. The van der Waals surface area contributed by atoms with Gasteiger partial charge in [-0.2, -0.15) is 4.31 Å². The highest BCUT2D eigenvalue weighted by Gasteiger charge is 2.32. The first kappa shape index (κ1) is 16.6. The van der Waals surface area contributed by atoms with E-state index in [1.54, 1.807) is 0 Å². The fourth-order valence-corrected chi connectivity index (χ4v) is 4.80. The molecule has 6 nitrogen and oxygen atoms in total. The van der Waals surface area contributed by atoms with Crippen LogP contribution in [0.25, 0.3) is 0 Å². The molecule has 0 spiro atoms. The molecule has 0 radical (unpaired) electrons. The minimum absolute atomic E-state index is 0.0827. The summed E-state index contributed by atoms with van der Waals surface area (Å²) in [5.74, 6) is 0. The summed E-state index contributed by atoms with van der Waals surface area (Å²) in [6, 6.07) is 12.7. The van der Waals surface area contributed by atoms with Crippen molar-refractivity contribution < 1.29 is 13.3 Å². The summed E-state index contributed by atoms with van der Waals surface area (Å²) in [5, 5.41) is 10.7. The Bertz CT molecular complexity index is 862. The van der Waals surface area contributed by atoms with Crippen LogP contribution in [0.3, 0.4) is 0 Å². The van der Waals surface area contributed by atoms with Gasteiger partial charge in [-0.05, 0) is 43.0 Å². The maximum Gasteiger partial charge on any atom is 0.269 e. The zero-order valence-electron chi connectivity index (χ0n) is 13.3. The van der Waals surface area contributed by atoms with E-state index < -0.39 is 14.9 Å². The van der Waals surface area contributed by atoms with Gasteiger partial charge < -0.3 is 0 Å². The van der Waals surface area contributed by atoms with Crippen LogP contribution >= 0.6 is 0 Å². The van der Waals surface area contributed by atoms with Crippen molar-refractivity contribution in [2.75, 3.05) is 6.54 Å². The lowest BCUT2D eigenvalue weighted by Gasteiger charge is -2.27. The van der Waals surface area contributed by atoms with Crippen molar-refractivity contribution in [3.63, 3.8) is 0 Å². The van der Waals surface area contributed by atoms with Gasteiger partial charge in [-0.1, -0.05) is 24.3 Å². The van der Waals surface area contributed by atoms with E-state index in [9.17, 15) is 18.5 Å². The maximum absolute atomic E-state index is 13.0. The number of nitro groups is 1. The minimum Gasteiger partial charge on any atom is -0.258 e. The predicted octanol–water partition coefficient (Wildman–Crippen LogP) is 3.29. The van der Waals surface area contributed by atoms with E-state index in [2.05, 4.69) is 0 Å². The molecule has 1 unspecified atom stereocenters. The normalized spacial score (nSPS) is 18.6. The van der Waals surface area contributed by atoms with Crippen molar-refractivity contribution in [1.29, 1.82) is 0 Å². The summed E-state index contributed by atoms with van der Waals surface area (Å²) < 4.78 is 27.5. The number of non-ortho nitro benzene ring substituents is 1. The monoisotopic (exact) mass is 346 g/mol. The van der Waals surface area contributed by atoms with E-state index in [0.717, 1.165) is 18.4 Å². The summed E-state index contributed by atoms with van der Waals surface area (Å²) in [6.07, 6.45) is 1.58. The highest BCUT2D eigenvalue weighted by molar-refractivity contribution is 7.89. The Morgan fingerprint density at radius 2 is 1.79 bits per heavy atom. The number of nitrogens with zero attached hydrogens (tertiary/aromatic N) is 2. The van der Waals surface area contributed by atoms with Crippen LogP contribution in [0.4, 0.5) is 5.69 Å². The van der Waals surface area contributed by atoms with Crippen molar-refractivity contribution in [3.05, 3.63) is 69.8 Å². The van der Waals surface area contributed by atoms with Gasteiger partial charge in [-0.3, -0.25) is 10.1 Å². The second kappa shape index (κ2) is 6.33. The lowest BCUT2D eigenvalue weighted by atomic mass is 10.0. The molecule has 0 amide bonds. The molecule has 3 rings (SSSR count). The van der Waals surface area contributed by atoms with Gasteiger partial charge in [0.15, 0.2) is 0 Å². The second-order valence-corrected chi connectivity index (χ2v) is 7.74. The van der Waals surface area contributed by atoms with Gasteiger partial charge in [0.25, 0.3) is 5.69 Å². The quantitative estimate of drug-likeness (QED) is 0.631. The van der Waals surface area contributed by atoms with E-state index in [4.69, 9.17) is 0 Å². The third-order valence-corrected chi connectivity index (χ3v) is 6.40. The Labute approximate surface area is 140 Å². The van der Waals surface area contributed by atoms with Gasteiger partial charge in [0.2, 0.25) is 10.0 Å². The van der Waals surface area contributed by atoms with Crippen LogP contribution in [0.5, 0.6) is 0 Å². The lowest BCUT2D eigenvalue weighted by molar-refractivity contribution is -0.384. The first-order valence-corrected chi connectivity index (χ1v) is 9.19. The molecule has 0 aliphatic carbocycles. The Hall–Kier alpha value is -2.25. The van der Waals surface area contributed by atoms with Crippen molar-refractivity contribution in [2.45, 2.75) is 30.7 Å². The molecular weight excluding hydrogens is 328 g/mol. The van der Waals surface area contributed by atoms with Crippen molar-refractivity contribution in [2.24, 2.45) is 0 Å². The lowest BCUT2D eigenvalue weighted by Crippen LogP contribution is -2.33. The van der Waals surface area contributed by atoms with Gasteiger partial charge in [-0.15, -0.1) is 0 Å². The highest BCUT2D eigenvalue weighted by Crippen LogP contribution is 2.33. The van der Waals surface area contributed by atoms with Crippen molar-refractivity contribution in [1.82, 2.24) is 4.31 Å². The predicted molar refractivity (Wildman–Crippen MR) is 90.2 cm³/mol. The summed E-state index contributed by atoms with van der Waals surface area (Å²) in [6.45, 7) is 2.31. The molecule has 0 N–H and O–H groups in total. The fourth-order valence-electron chi connectivity index (χ4n) is 3.15. The molecular formula is C17H18N2O4S. The van der Waals surface area contributed by atoms with Crippen molar-refractivity contribution >= 4 is 15.7 Å². The van der Waals surface area contributed by atoms with E-state index in [0.29, 0.717) is 6.54 Å². The summed E-state index contributed by atoms with van der Waals surface area (Å²) in [4.78, 5) is 10.3. The van der Waals surface area contributed by atoms with Gasteiger partial charge in [0.05, 0.1) is 9.82 Å². The molecule has 7 heteroatoms. The third-order valence-electron chi connectivity index (χ3n) is 4.42. The SMILES string of the molecule is CC1c2ccccc2CCCN1S(=O)(=O)c1ccc([N+](=O)[O-])cc1. The third kappa shape index (κ3) is 2.92. The first-order chi connectivity index (χ1) is 11.4. The zero-order valence-corrected chi connectivity index (χ0v) is 14.1. The fraction of sp³-hybridized carbons (Fsp3) is 0.294. The summed E-state index contributed by atoms with van der Waals surface area (Å²) in [7, 11) is -3.71. The molecule has 1 aliphatic heterocycles. The van der Waals surface area contributed by atoms with Crippen LogP contribution in [0.2, 0.25) is 0 Å². The number of sulfonamides is 1. The Balaban J connectivity index is 1.98. The highest BCUT2D eigenvalue weighted by atomic mass is 32.2. The van der Waals surface area contributed by atoms with Crippen LogP contribution in [0.15, 0.2) is 53.4 Å². The Kier molecular flexibility index (Phi) is 4.38. The van der Waals surface area contributed by atoms with Crippen LogP contribution in [-0.4, -0.2) is 24.2 Å². The van der Waals surface area contributed by atoms with Gasteiger partial charge >= 0.3 is 0 Å². The number of rotatable bonds is 3. The van der Waals surface area contributed by atoms with Gasteiger partial charge in [0, 0.05) is 24.7 Å². The maximum atomic E-state index is 13.0. The second-order valence-electron chi connectivity index (χ2n) is 5.85. The van der Waals surface area contributed by atoms with E-state index >= 15 is 0 Å². The molecule has 2 aromatic rings. The molecule has 0 saturated carbocycles. The molecule has 1 heterocycles. The summed E-state index contributed by atoms with van der Waals surface area (Å²) in [5.41, 5.74) is 2.06. The topological polar surface area (TPSA) is 80.5 Å². The van der Waals surface area contributed by atoms with Gasteiger partial charge in [-0.25, -0.2) is 8.42 Å². The molecule has 24 heavy (non-hydrogen) atoms. The molecule has 1 atom stereocenters. The number of fused-ring (bicyclic) bond motifs is 1. The van der Waals surface area contributed by atoms with Crippen LogP contribution in [0.1, 0.15) is 30.5 Å². The smallest absolute Gasteiger partial charge is 0.258 e. The molecule has 2 aromatic carbocycles. The molecule has 0 saturated heterocycles. The first-order valence-electron chi connectivity index (χ1n) is 7.75. The number of nitro benzene ring substituents is 1. The minimum atomic E-state index is -3.71. The van der Waals surface area contributed by atoms with E-state index in [-0.39, 0.29) is 16.6 Å². The number of hydrogen-bond donors (Lipinski definition) is 0. The average Bonchev–Trinajstić information content (AvgIpc) is 2.75. The Morgan fingerprint density at radius 1 is 1.12 bits per heavy atom. The van der Waals surface area contributed by atoms with Gasteiger partial charge in [0.1, 0.15) is 0 Å². The number of benzene rings is 2. The Morgan fingerprint density at radius 3 is 2.46 bits per heavy atom. The molecule has 1 aliphatic rings. The standard InChI is InChI=1S/C17H18N2O4S/c1-13-17-7-3-2-5-14(17)6-4-12-18(13)24(22,23)16-10-8-15(9-11-16)19(20)21/h2-3,5,7-11,13H,4,6,12H2,1H3. The average molecular weight is 346 g/mol. The zero-order chi connectivity index (χ0) is 17.3. The molecule has 0 bridgehead atoms. The van der Waals surface area contributed by atoms with E-state index in [1.807, 2.05) is 31.2 Å². The number of aryl methyl sites for hydroxylation is 1. The molecule has 0 fully saturated rings. The largest absolute Gasteiger partial charge is 0.269 e. The van der Waals surface area contributed by atoms with Crippen LogP contribution in [-0.2, 0) is 16.4 Å². The molecule has 126 valence electrons. The van der Waals surface area contributed by atoms with E-state index in [1.165, 1.54) is 34.1 Å². The van der Waals surface area contributed by atoms with Crippen LogP contribution in [0, 0.1) is 10.1 Å². The van der Waals surface area contributed by atoms with Crippen LogP contribution < -0.4 is 0 Å². The summed E-state index contributed by atoms with van der Waals surface area (Å²) >= 11 is 0.